The maximum absolute atomic E-state index is 8.69. The fourth-order valence-corrected chi connectivity index (χ4v) is 2.34. The van der Waals surface area contributed by atoms with Crippen molar-refractivity contribution >= 4 is 16.9 Å². The molecule has 1 unspecified atom stereocenters. The molecule has 0 radical (unpaired) electrons. The highest BCUT2D eigenvalue weighted by atomic mass is 16.3. The molecule has 112 valence electrons. The normalized spacial score (nSPS) is 12.2. The van der Waals surface area contributed by atoms with Gasteiger partial charge in [-0.05, 0) is 19.1 Å². The Labute approximate surface area is 127 Å². The molecule has 22 heavy (non-hydrogen) atoms. The molecule has 3 aromatic heterocycles. The summed E-state index contributed by atoms with van der Waals surface area (Å²) in [5.74, 6) is 1.67. The third-order valence-corrected chi connectivity index (χ3v) is 3.34. The van der Waals surface area contributed by atoms with Crippen LogP contribution in [0.5, 0.6) is 0 Å². The Bertz CT molecular complexity index is 786. The van der Waals surface area contributed by atoms with Crippen molar-refractivity contribution in [1.82, 2.24) is 19.7 Å². The Balaban J connectivity index is 1.79. The maximum atomic E-state index is 8.69. The van der Waals surface area contributed by atoms with E-state index in [9.17, 15) is 0 Å². The summed E-state index contributed by atoms with van der Waals surface area (Å²) in [4.78, 5) is 8.56. The SMILES string of the molecule is CC(Cc1ccco1)Nc1ncnc2c1cnn2CCC#N. The van der Waals surface area contributed by atoms with E-state index in [1.54, 1.807) is 17.1 Å². The van der Waals surface area contributed by atoms with Gasteiger partial charge < -0.3 is 9.73 Å². The number of hydrogen-bond donors (Lipinski definition) is 1. The highest BCUT2D eigenvalue weighted by Gasteiger charge is 2.12. The zero-order valence-electron chi connectivity index (χ0n) is 12.2. The average molecular weight is 296 g/mol. The second-order valence-electron chi connectivity index (χ2n) is 5.06. The topological polar surface area (TPSA) is 92.6 Å². The molecule has 3 heterocycles. The average Bonchev–Trinajstić information content (AvgIpc) is 3.15. The highest BCUT2D eigenvalue weighted by Crippen LogP contribution is 2.20. The van der Waals surface area contributed by atoms with Gasteiger partial charge in [-0.3, -0.25) is 0 Å². The number of aryl methyl sites for hydroxylation is 1. The molecule has 1 N–H and O–H groups in total. The minimum Gasteiger partial charge on any atom is -0.469 e. The fourth-order valence-electron chi connectivity index (χ4n) is 2.34. The summed E-state index contributed by atoms with van der Waals surface area (Å²) in [7, 11) is 0. The van der Waals surface area contributed by atoms with Crippen molar-refractivity contribution in [1.29, 1.82) is 5.26 Å². The Hall–Kier alpha value is -2.88. The summed E-state index contributed by atoms with van der Waals surface area (Å²) in [5, 5.41) is 17.2. The second kappa shape index (κ2) is 6.26. The van der Waals surface area contributed by atoms with E-state index in [-0.39, 0.29) is 6.04 Å². The minimum absolute atomic E-state index is 0.159. The molecular weight excluding hydrogens is 280 g/mol. The van der Waals surface area contributed by atoms with Crippen LogP contribution in [0.25, 0.3) is 11.0 Å². The molecule has 0 saturated carbocycles. The molecule has 0 spiro atoms. The van der Waals surface area contributed by atoms with Crippen molar-refractivity contribution < 1.29 is 4.42 Å². The summed E-state index contributed by atoms with van der Waals surface area (Å²) in [6, 6.07) is 6.10. The molecule has 0 amide bonds. The van der Waals surface area contributed by atoms with Gasteiger partial charge in [-0.2, -0.15) is 10.4 Å². The van der Waals surface area contributed by atoms with Gasteiger partial charge in [0.1, 0.15) is 17.9 Å². The van der Waals surface area contributed by atoms with Gasteiger partial charge in [0.05, 0.1) is 36.9 Å². The lowest BCUT2D eigenvalue weighted by atomic mass is 10.2. The minimum atomic E-state index is 0.159. The van der Waals surface area contributed by atoms with E-state index in [4.69, 9.17) is 9.68 Å². The standard InChI is InChI=1S/C15H16N6O/c1-11(8-12-4-2-7-22-12)20-14-13-9-19-21(6-3-5-16)15(13)18-10-17-14/h2,4,7,9-11H,3,6,8H2,1H3,(H,17,18,20). The van der Waals surface area contributed by atoms with Crippen LogP contribution in [0.4, 0.5) is 5.82 Å². The molecule has 0 aromatic carbocycles. The molecule has 7 heteroatoms. The van der Waals surface area contributed by atoms with Crippen LogP contribution in [-0.2, 0) is 13.0 Å². The van der Waals surface area contributed by atoms with Crippen molar-refractivity contribution in [3.63, 3.8) is 0 Å². The molecule has 3 rings (SSSR count). The summed E-state index contributed by atoms with van der Waals surface area (Å²) in [5.41, 5.74) is 0.734. The predicted molar refractivity (Wildman–Crippen MR) is 81.0 cm³/mol. The first-order chi connectivity index (χ1) is 10.8. The van der Waals surface area contributed by atoms with Gasteiger partial charge >= 0.3 is 0 Å². The van der Waals surface area contributed by atoms with Gasteiger partial charge in [-0.25, -0.2) is 14.6 Å². The number of nitrogens with one attached hydrogen (secondary N) is 1. The lowest BCUT2D eigenvalue weighted by Gasteiger charge is -2.13. The molecular formula is C15H16N6O. The Morgan fingerprint density at radius 3 is 3.14 bits per heavy atom. The van der Waals surface area contributed by atoms with E-state index < -0.39 is 0 Å². The zero-order chi connectivity index (χ0) is 15.4. The van der Waals surface area contributed by atoms with Crippen molar-refractivity contribution in [3.8, 4) is 6.07 Å². The highest BCUT2D eigenvalue weighted by molar-refractivity contribution is 5.86. The predicted octanol–water partition coefficient (Wildman–Crippen LogP) is 2.38. The summed E-state index contributed by atoms with van der Waals surface area (Å²) in [6.45, 7) is 2.59. The van der Waals surface area contributed by atoms with Crippen LogP contribution in [0.3, 0.4) is 0 Å². The van der Waals surface area contributed by atoms with Gasteiger partial charge in [0, 0.05) is 12.5 Å². The largest absolute Gasteiger partial charge is 0.469 e. The number of nitriles is 1. The van der Waals surface area contributed by atoms with Crippen LogP contribution in [0.15, 0.2) is 35.3 Å². The molecule has 0 saturated heterocycles. The molecule has 3 aromatic rings. The smallest absolute Gasteiger partial charge is 0.163 e. The molecule has 0 fully saturated rings. The zero-order valence-corrected chi connectivity index (χ0v) is 12.2. The Morgan fingerprint density at radius 1 is 1.45 bits per heavy atom. The second-order valence-corrected chi connectivity index (χ2v) is 5.06. The number of rotatable bonds is 6. The number of anilines is 1. The Morgan fingerprint density at radius 2 is 2.36 bits per heavy atom. The van der Waals surface area contributed by atoms with Crippen LogP contribution < -0.4 is 5.32 Å². The number of hydrogen-bond acceptors (Lipinski definition) is 6. The molecule has 7 nitrogen and oxygen atoms in total. The van der Waals surface area contributed by atoms with Gasteiger partial charge in [0.25, 0.3) is 0 Å². The van der Waals surface area contributed by atoms with E-state index in [1.807, 2.05) is 12.1 Å². The van der Waals surface area contributed by atoms with Crippen LogP contribution in [0, 0.1) is 11.3 Å². The van der Waals surface area contributed by atoms with Gasteiger partial charge in [-0.1, -0.05) is 0 Å². The molecule has 0 bridgehead atoms. The van der Waals surface area contributed by atoms with Crippen molar-refractivity contribution in [2.24, 2.45) is 0 Å². The van der Waals surface area contributed by atoms with E-state index in [2.05, 4.69) is 33.4 Å². The first kappa shape index (κ1) is 14.1. The number of furan rings is 1. The van der Waals surface area contributed by atoms with Crippen molar-refractivity contribution in [3.05, 3.63) is 36.7 Å². The number of nitrogens with zero attached hydrogens (tertiary/aromatic N) is 5. The number of aromatic nitrogens is 4. The fraction of sp³-hybridized carbons (Fsp3) is 0.333. The number of fused-ring (bicyclic) bond motifs is 1. The first-order valence-electron chi connectivity index (χ1n) is 7.10. The summed E-state index contributed by atoms with van der Waals surface area (Å²) < 4.78 is 7.08. The van der Waals surface area contributed by atoms with Gasteiger partial charge in [0.15, 0.2) is 5.65 Å². The van der Waals surface area contributed by atoms with Crippen molar-refractivity contribution in [2.75, 3.05) is 5.32 Å². The maximum Gasteiger partial charge on any atom is 0.163 e. The Kier molecular flexibility index (Phi) is 4.01. The first-order valence-corrected chi connectivity index (χ1v) is 7.10. The third kappa shape index (κ3) is 2.91. The quantitative estimate of drug-likeness (QED) is 0.750. The molecule has 0 aliphatic carbocycles. The lowest BCUT2D eigenvalue weighted by molar-refractivity contribution is 0.497. The van der Waals surface area contributed by atoms with Gasteiger partial charge in [-0.15, -0.1) is 0 Å². The van der Waals surface area contributed by atoms with Gasteiger partial charge in [0.2, 0.25) is 0 Å². The van der Waals surface area contributed by atoms with Crippen molar-refractivity contribution in [2.45, 2.75) is 32.4 Å². The van der Waals surface area contributed by atoms with Crippen LogP contribution in [0.1, 0.15) is 19.1 Å². The van der Waals surface area contributed by atoms with E-state index in [0.717, 1.165) is 29.0 Å². The monoisotopic (exact) mass is 296 g/mol. The van der Waals surface area contributed by atoms with E-state index in [1.165, 1.54) is 6.33 Å². The van der Waals surface area contributed by atoms with Crippen LogP contribution in [0.2, 0.25) is 0 Å². The molecule has 0 aliphatic heterocycles. The molecule has 1 atom stereocenters. The lowest BCUT2D eigenvalue weighted by Crippen LogP contribution is -2.18. The van der Waals surface area contributed by atoms with Crippen LogP contribution >= 0.6 is 0 Å². The van der Waals surface area contributed by atoms with E-state index >= 15 is 0 Å². The summed E-state index contributed by atoms with van der Waals surface area (Å²) >= 11 is 0. The molecule has 0 aliphatic rings. The van der Waals surface area contributed by atoms with Crippen LogP contribution in [-0.4, -0.2) is 25.8 Å². The third-order valence-electron chi connectivity index (χ3n) is 3.34. The summed E-state index contributed by atoms with van der Waals surface area (Å²) in [6.07, 6.45) is 6.08. The van der Waals surface area contributed by atoms with E-state index in [0.29, 0.717) is 13.0 Å².